The molecule has 0 heterocycles. The first-order chi connectivity index (χ1) is 10.3. The summed E-state index contributed by atoms with van der Waals surface area (Å²) in [6, 6.07) is 0. The quantitative estimate of drug-likeness (QED) is 0.389. The van der Waals surface area contributed by atoms with Crippen LogP contribution in [-0.2, 0) is 19.1 Å². The summed E-state index contributed by atoms with van der Waals surface area (Å²) in [7, 11) is 0. The maximum atomic E-state index is 11.7. The molecule has 0 saturated carbocycles. The number of hydrogen-bond acceptors (Lipinski definition) is 4. The molecule has 22 heavy (non-hydrogen) atoms. The third-order valence-corrected chi connectivity index (χ3v) is 3.44. The predicted molar refractivity (Wildman–Crippen MR) is 88.6 cm³/mol. The molecular weight excluding hydrogens is 280 g/mol. The molecule has 0 spiro atoms. The molecule has 0 aliphatic carbocycles. The molecule has 2 atom stereocenters. The number of unbranched alkanes of at least 4 members (excludes halogenated alkanes) is 2. The Bertz CT molecular complexity index is 312. The van der Waals surface area contributed by atoms with Gasteiger partial charge in [0.1, 0.15) is 0 Å². The van der Waals surface area contributed by atoms with E-state index >= 15 is 0 Å². The summed E-state index contributed by atoms with van der Waals surface area (Å²) in [5.74, 6) is 0.0657. The first-order valence-electron chi connectivity index (χ1n) is 8.74. The Morgan fingerprint density at radius 3 is 1.86 bits per heavy atom. The molecule has 2 unspecified atom stereocenters. The lowest BCUT2D eigenvalue weighted by Crippen LogP contribution is -2.18. The van der Waals surface area contributed by atoms with Crippen LogP contribution in [0.15, 0.2) is 0 Å². The summed E-state index contributed by atoms with van der Waals surface area (Å²) in [5, 5.41) is 0. The van der Waals surface area contributed by atoms with Crippen molar-refractivity contribution in [2.45, 2.75) is 98.2 Å². The highest BCUT2D eigenvalue weighted by Gasteiger charge is 2.13. The van der Waals surface area contributed by atoms with Gasteiger partial charge in [0.15, 0.2) is 0 Å². The first-order valence-corrected chi connectivity index (χ1v) is 8.74. The Kier molecular flexibility index (Phi) is 11.9. The fourth-order valence-electron chi connectivity index (χ4n) is 2.40. The van der Waals surface area contributed by atoms with Gasteiger partial charge in [0, 0.05) is 12.8 Å². The molecule has 0 aromatic heterocycles. The molecule has 0 saturated heterocycles. The van der Waals surface area contributed by atoms with E-state index < -0.39 is 0 Å². The van der Waals surface area contributed by atoms with Crippen LogP contribution in [0.3, 0.4) is 0 Å². The third kappa shape index (κ3) is 12.7. The predicted octanol–water partition coefficient (Wildman–Crippen LogP) is 4.65. The second-order valence-corrected chi connectivity index (χ2v) is 6.58. The summed E-state index contributed by atoms with van der Waals surface area (Å²) in [6.07, 6.45) is 6.17. The highest BCUT2D eigenvalue weighted by Crippen LogP contribution is 2.11. The molecule has 0 aliphatic rings. The molecule has 4 heteroatoms. The highest BCUT2D eigenvalue weighted by atomic mass is 16.5. The number of carbonyl (C=O) groups excluding carboxylic acids is 2. The molecular formula is C18H34O4. The minimum absolute atomic E-state index is 0.0305. The topological polar surface area (TPSA) is 52.6 Å². The van der Waals surface area contributed by atoms with Crippen molar-refractivity contribution in [3.63, 3.8) is 0 Å². The monoisotopic (exact) mass is 314 g/mol. The van der Waals surface area contributed by atoms with Gasteiger partial charge in [-0.15, -0.1) is 0 Å². The number of ether oxygens (including phenoxy) is 2. The van der Waals surface area contributed by atoms with Gasteiger partial charge in [0.05, 0.1) is 12.2 Å². The number of esters is 2. The standard InChI is InChI=1S/C18H34O4/c1-6-7-8-10-15(4)21-17(19)11-9-12-18(20)22-16(5)13-14(2)3/h14-16H,6-13H2,1-5H3. The molecule has 0 bridgehead atoms. The summed E-state index contributed by atoms with van der Waals surface area (Å²) in [6.45, 7) is 10.2. The van der Waals surface area contributed by atoms with Gasteiger partial charge in [-0.05, 0) is 45.4 Å². The maximum absolute atomic E-state index is 11.7. The number of carbonyl (C=O) groups is 2. The van der Waals surface area contributed by atoms with E-state index in [4.69, 9.17) is 9.47 Å². The van der Waals surface area contributed by atoms with Crippen LogP contribution >= 0.6 is 0 Å². The van der Waals surface area contributed by atoms with Crippen LogP contribution in [0.1, 0.15) is 86.0 Å². The average Bonchev–Trinajstić information content (AvgIpc) is 2.37. The normalized spacial score (nSPS) is 13.7. The van der Waals surface area contributed by atoms with E-state index in [1.54, 1.807) is 0 Å². The molecule has 0 aliphatic heterocycles. The number of rotatable bonds is 12. The van der Waals surface area contributed by atoms with Crippen LogP contribution in [0.5, 0.6) is 0 Å². The van der Waals surface area contributed by atoms with Crippen LogP contribution in [-0.4, -0.2) is 24.1 Å². The second kappa shape index (κ2) is 12.5. The molecule has 0 radical (unpaired) electrons. The Balaban J connectivity index is 3.72. The van der Waals surface area contributed by atoms with E-state index in [0.29, 0.717) is 12.3 Å². The largest absolute Gasteiger partial charge is 0.463 e. The lowest BCUT2D eigenvalue weighted by molar-refractivity contribution is -0.150. The van der Waals surface area contributed by atoms with Gasteiger partial charge in [-0.25, -0.2) is 0 Å². The van der Waals surface area contributed by atoms with E-state index in [2.05, 4.69) is 20.8 Å². The van der Waals surface area contributed by atoms with Gasteiger partial charge in [-0.2, -0.15) is 0 Å². The molecule has 0 fully saturated rings. The van der Waals surface area contributed by atoms with Crippen LogP contribution in [0.25, 0.3) is 0 Å². The fraction of sp³-hybridized carbons (Fsp3) is 0.889. The molecule has 0 aromatic carbocycles. The van der Waals surface area contributed by atoms with Crippen molar-refractivity contribution >= 4 is 11.9 Å². The lowest BCUT2D eigenvalue weighted by atomic mass is 10.1. The minimum atomic E-state index is -0.225. The van der Waals surface area contributed by atoms with Crippen molar-refractivity contribution in [1.82, 2.24) is 0 Å². The van der Waals surface area contributed by atoms with Gasteiger partial charge >= 0.3 is 11.9 Å². The van der Waals surface area contributed by atoms with E-state index in [1.165, 1.54) is 6.42 Å². The Morgan fingerprint density at radius 1 is 0.818 bits per heavy atom. The van der Waals surface area contributed by atoms with Crippen molar-refractivity contribution in [3.8, 4) is 0 Å². The van der Waals surface area contributed by atoms with Crippen LogP contribution in [0.2, 0.25) is 0 Å². The fourth-order valence-corrected chi connectivity index (χ4v) is 2.40. The molecule has 0 aromatic rings. The van der Waals surface area contributed by atoms with E-state index in [1.807, 2.05) is 13.8 Å². The van der Waals surface area contributed by atoms with Crippen molar-refractivity contribution in [2.75, 3.05) is 0 Å². The Labute approximate surface area is 135 Å². The smallest absolute Gasteiger partial charge is 0.306 e. The van der Waals surface area contributed by atoms with Crippen LogP contribution in [0.4, 0.5) is 0 Å². The van der Waals surface area contributed by atoms with Gasteiger partial charge in [-0.3, -0.25) is 9.59 Å². The zero-order chi connectivity index (χ0) is 17.0. The van der Waals surface area contributed by atoms with Crippen molar-refractivity contribution in [3.05, 3.63) is 0 Å². The van der Waals surface area contributed by atoms with E-state index in [9.17, 15) is 9.59 Å². The summed E-state index contributed by atoms with van der Waals surface area (Å²) >= 11 is 0. The zero-order valence-electron chi connectivity index (χ0n) is 15.0. The Hall–Kier alpha value is -1.06. The molecule has 4 nitrogen and oxygen atoms in total. The molecule has 130 valence electrons. The van der Waals surface area contributed by atoms with Crippen molar-refractivity contribution in [1.29, 1.82) is 0 Å². The van der Waals surface area contributed by atoms with Gasteiger partial charge < -0.3 is 9.47 Å². The third-order valence-electron chi connectivity index (χ3n) is 3.44. The SMILES string of the molecule is CCCCCC(C)OC(=O)CCCC(=O)OC(C)CC(C)C. The Morgan fingerprint density at radius 2 is 1.36 bits per heavy atom. The summed E-state index contributed by atoms with van der Waals surface area (Å²) in [4.78, 5) is 23.3. The molecule has 0 rings (SSSR count). The second-order valence-electron chi connectivity index (χ2n) is 6.58. The van der Waals surface area contributed by atoms with Crippen molar-refractivity contribution < 1.29 is 19.1 Å². The number of hydrogen-bond donors (Lipinski definition) is 0. The summed E-state index contributed by atoms with van der Waals surface area (Å²) < 4.78 is 10.6. The van der Waals surface area contributed by atoms with Gasteiger partial charge in [0.25, 0.3) is 0 Å². The zero-order valence-corrected chi connectivity index (χ0v) is 15.0. The molecule has 0 N–H and O–H groups in total. The molecule has 0 amide bonds. The van der Waals surface area contributed by atoms with Crippen LogP contribution < -0.4 is 0 Å². The highest BCUT2D eigenvalue weighted by molar-refractivity contribution is 5.72. The van der Waals surface area contributed by atoms with E-state index in [-0.39, 0.29) is 37.0 Å². The van der Waals surface area contributed by atoms with Gasteiger partial charge in [-0.1, -0.05) is 33.6 Å². The van der Waals surface area contributed by atoms with E-state index in [0.717, 1.165) is 25.7 Å². The first kappa shape index (κ1) is 20.9. The average molecular weight is 314 g/mol. The lowest BCUT2D eigenvalue weighted by Gasteiger charge is -2.15. The minimum Gasteiger partial charge on any atom is -0.463 e. The maximum Gasteiger partial charge on any atom is 0.306 e. The summed E-state index contributed by atoms with van der Waals surface area (Å²) in [5.41, 5.74) is 0. The van der Waals surface area contributed by atoms with Crippen LogP contribution in [0, 0.1) is 5.92 Å². The van der Waals surface area contributed by atoms with Gasteiger partial charge in [0.2, 0.25) is 0 Å². The van der Waals surface area contributed by atoms with Crippen molar-refractivity contribution in [2.24, 2.45) is 5.92 Å².